The fourth-order valence-corrected chi connectivity index (χ4v) is 1.67. The Hall–Kier alpha value is -1.51. The van der Waals surface area contributed by atoms with Crippen molar-refractivity contribution in [2.45, 2.75) is 34.1 Å². The summed E-state index contributed by atoms with van der Waals surface area (Å²) in [6.07, 6.45) is 0.968. The second kappa shape index (κ2) is 5.71. The molecule has 1 aromatic carbocycles. The molecule has 0 aliphatic carbocycles. The molecular weight excluding hydrogens is 212 g/mol. The van der Waals surface area contributed by atoms with Crippen LogP contribution < -0.4 is 11.1 Å². The first-order valence-corrected chi connectivity index (χ1v) is 6.08. The first-order valence-electron chi connectivity index (χ1n) is 6.08. The number of nitrogens with one attached hydrogen (secondary N) is 1. The van der Waals surface area contributed by atoms with Crippen molar-refractivity contribution in [1.29, 1.82) is 0 Å². The number of benzene rings is 1. The van der Waals surface area contributed by atoms with Gasteiger partial charge >= 0.3 is 0 Å². The Morgan fingerprint density at radius 1 is 1.24 bits per heavy atom. The van der Waals surface area contributed by atoms with E-state index in [4.69, 9.17) is 5.73 Å². The van der Waals surface area contributed by atoms with Crippen molar-refractivity contribution in [3.63, 3.8) is 0 Å². The maximum atomic E-state index is 11.6. The fraction of sp³-hybridized carbons (Fsp3) is 0.500. The molecule has 94 valence electrons. The highest BCUT2D eigenvalue weighted by Gasteiger charge is 2.08. The third-order valence-electron chi connectivity index (χ3n) is 2.45. The molecule has 0 aromatic heterocycles. The molecule has 0 spiro atoms. The van der Waals surface area contributed by atoms with Crippen molar-refractivity contribution in [2.24, 2.45) is 11.8 Å². The lowest BCUT2D eigenvalue weighted by molar-refractivity contribution is -0.118. The number of carbonyl (C=O) groups excluding carboxylic acids is 1. The normalized spacial score (nSPS) is 10.9. The molecule has 0 aliphatic rings. The van der Waals surface area contributed by atoms with Crippen LogP contribution in [0.4, 0.5) is 11.4 Å². The van der Waals surface area contributed by atoms with E-state index in [9.17, 15) is 4.79 Å². The van der Waals surface area contributed by atoms with Crippen LogP contribution in [0.25, 0.3) is 0 Å². The molecule has 3 N–H and O–H groups in total. The quantitative estimate of drug-likeness (QED) is 0.787. The van der Waals surface area contributed by atoms with Gasteiger partial charge in [-0.05, 0) is 36.1 Å². The average molecular weight is 234 g/mol. The molecule has 0 saturated heterocycles. The average Bonchev–Trinajstić information content (AvgIpc) is 2.14. The van der Waals surface area contributed by atoms with Gasteiger partial charge in [-0.1, -0.05) is 27.7 Å². The molecule has 0 fully saturated rings. The lowest BCUT2D eigenvalue weighted by Crippen LogP contribution is -2.18. The van der Waals surface area contributed by atoms with Gasteiger partial charge in [0.1, 0.15) is 0 Å². The lowest BCUT2D eigenvalue weighted by Gasteiger charge is -2.12. The first-order chi connectivity index (χ1) is 7.88. The Labute approximate surface area is 103 Å². The zero-order chi connectivity index (χ0) is 13.0. The van der Waals surface area contributed by atoms with Crippen LogP contribution >= 0.6 is 0 Å². The summed E-state index contributed by atoms with van der Waals surface area (Å²) in [6, 6.07) is 5.76. The van der Waals surface area contributed by atoms with Crippen molar-refractivity contribution >= 4 is 17.3 Å². The highest BCUT2D eigenvalue weighted by Crippen LogP contribution is 2.19. The molecule has 0 saturated carbocycles. The van der Waals surface area contributed by atoms with Crippen LogP contribution in [0.1, 0.15) is 33.3 Å². The van der Waals surface area contributed by atoms with Crippen LogP contribution in [0.3, 0.4) is 0 Å². The summed E-state index contributed by atoms with van der Waals surface area (Å²) in [5, 5.41) is 2.88. The van der Waals surface area contributed by atoms with E-state index in [0.717, 1.165) is 12.1 Å². The van der Waals surface area contributed by atoms with E-state index in [1.165, 1.54) is 5.56 Å². The Kier molecular flexibility index (Phi) is 4.55. The van der Waals surface area contributed by atoms with Crippen LogP contribution in [0, 0.1) is 11.8 Å². The van der Waals surface area contributed by atoms with Gasteiger partial charge in [0.05, 0.1) is 0 Å². The van der Waals surface area contributed by atoms with Crippen LogP contribution in [0.5, 0.6) is 0 Å². The standard InChI is InChI=1S/C14H22N2O/c1-9(2)5-11-6-12(15)8-13(7-11)16-14(17)10(3)4/h6-10H,5,15H2,1-4H3,(H,16,17). The molecule has 0 unspecified atom stereocenters. The molecule has 3 nitrogen and oxygen atoms in total. The van der Waals surface area contributed by atoms with E-state index in [2.05, 4.69) is 19.2 Å². The molecule has 1 amide bonds. The summed E-state index contributed by atoms with van der Waals surface area (Å²) in [6.45, 7) is 8.07. The van der Waals surface area contributed by atoms with E-state index >= 15 is 0 Å². The Bertz CT molecular complexity index is 397. The van der Waals surface area contributed by atoms with Crippen LogP contribution in [-0.4, -0.2) is 5.91 Å². The topological polar surface area (TPSA) is 55.1 Å². The Morgan fingerprint density at radius 2 is 1.88 bits per heavy atom. The minimum atomic E-state index is -0.0232. The largest absolute Gasteiger partial charge is 0.399 e. The summed E-state index contributed by atoms with van der Waals surface area (Å²) in [5.74, 6) is 0.571. The number of amides is 1. The van der Waals surface area contributed by atoms with E-state index in [0.29, 0.717) is 11.6 Å². The number of carbonyl (C=O) groups is 1. The van der Waals surface area contributed by atoms with Crippen molar-refractivity contribution in [3.8, 4) is 0 Å². The van der Waals surface area contributed by atoms with Crippen LogP contribution in [0.2, 0.25) is 0 Å². The van der Waals surface area contributed by atoms with Gasteiger partial charge in [-0.2, -0.15) is 0 Å². The highest BCUT2D eigenvalue weighted by atomic mass is 16.1. The SMILES string of the molecule is CC(C)Cc1cc(N)cc(NC(=O)C(C)C)c1. The predicted octanol–water partition coefficient (Wildman–Crippen LogP) is 3.06. The minimum absolute atomic E-state index is 0.0195. The predicted molar refractivity (Wildman–Crippen MR) is 72.9 cm³/mol. The van der Waals surface area contributed by atoms with Gasteiger partial charge in [0.25, 0.3) is 0 Å². The third-order valence-corrected chi connectivity index (χ3v) is 2.45. The van der Waals surface area contributed by atoms with Gasteiger partial charge in [0.15, 0.2) is 0 Å². The van der Waals surface area contributed by atoms with Crippen molar-refractivity contribution < 1.29 is 4.79 Å². The van der Waals surface area contributed by atoms with Gasteiger partial charge in [0.2, 0.25) is 5.91 Å². The van der Waals surface area contributed by atoms with Crippen molar-refractivity contribution in [1.82, 2.24) is 0 Å². The number of rotatable bonds is 4. The maximum absolute atomic E-state index is 11.6. The maximum Gasteiger partial charge on any atom is 0.226 e. The summed E-state index contributed by atoms with van der Waals surface area (Å²) >= 11 is 0. The highest BCUT2D eigenvalue weighted by molar-refractivity contribution is 5.92. The lowest BCUT2D eigenvalue weighted by atomic mass is 10.0. The van der Waals surface area contributed by atoms with Gasteiger partial charge in [-0.15, -0.1) is 0 Å². The zero-order valence-electron chi connectivity index (χ0n) is 11.1. The molecule has 0 radical (unpaired) electrons. The minimum Gasteiger partial charge on any atom is -0.399 e. The molecule has 0 aliphatic heterocycles. The molecule has 0 heterocycles. The fourth-order valence-electron chi connectivity index (χ4n) is 1.67. The number of nitrogen functional groups attached to an aromatic ring is 1. The van der Waals surface area contributed by atoms with Crippen LogP contribution in [0.15, 0.2) is 18.2 Å². The van der Waals surface area contributed by atoms with E-state index < -0.39 is 0 Å². The molecule has 0 bridgehead atoms. The summed E-state index contributed by atoms with van der Waals surface area (Å²) in [5.41, 5.74) is 8.49. The van der Waals surface area contributed by atoms with E-state index in [-0.39, 0.29) is 11.8 Å². The monoisotopic (exact) mass is 234 g/mol. The smallest absolute Gasteiger partial charge is 0.226 e. The molecular formula is C14H22N2O. The van der Waals surface area contributed by atoms with Crippen molar-refractivity contribution in [2.75, 3.05) is 11.1 Å². The van der Waals surface area contributed by atoms with Crippen molar-refractivity contribution in [3.05, 3.63) is 23.8 Å². The number of hydrogen-bond donors (Lipinski definition) is 2. The number of nitrogens with two attached hydrogens (primary N) is 1. The Balaban J connectivity index is 2.85. The first kappa shape index (κ1) is 13.6. The van der Waals surface area contributed by atoms with E-state index in [1.807, 2.05) is 26.0 Å². The Morgan fingerprint density at radius 3 is 2.41 bits per heavy atom. The molecule has 3 heteroatoms. The van der Waals surface area contributed by atoms with Gasteiger partial charge < -0.3 is 11.1 Å². The number of hydrogen-bond acceptors (Lipinski definition) is 2. The van der Waals surface area contributed by atoms with E-state index in [1.54, 1.807) is 6.07 Å². The third kappa shape index (κ3) is 4.47. The second-order valence-electron chi connectivity index (χ2n) is 5.21. The van der Waals surface area contributed by atoms with Gasteiger partial charge in [0, 0.05) is 17.3 Å². The molecule has 1 aromatic rings. The van der Waals surface area contributed by atoms with Crippen LogP contribution in [-0.2, 0) is 11.2 Å². The zero-order valence-corrected chi connectivity index (χ0v) is 11.1. The second-order valence-corrected chi connectivity index (χ2v) is 5.21. The summed E-state index contributed by atoms with van der Waals surface area (Å²) in [7, 11) is 0. The number of anilines is 2. The molecule has 17 heavy (non-hydrogen) atoms. The summed E-state index contributed by atoms with van der Waals surface area (Å²) in [4.78, 5) is 11.6. The summed E-state index contributed by atoms with van der Waals surface area (Å²) < 4.78 is 0. The molecule has 1 rings (SSSR count). The van der Waals surface area contributed by atoms with Gasteiger partial charge in [-0.25, -0.2) is 0 Å². The molecule has 0 atom stereocenters. The van der Waals surface area contributed by atoms with Gasteiger partial charge in [-0.3, -0.25) is 4.79 Å².